The molecule has 0 bridgehead atoms. The number of fused-ring (bicyclic) bond motifs is 1. The second kappa shape index (κ2) is 6.30. The molecule has 6 heteroatoms. The number of nitrogens with zero attached hydrogens (tertiary/aromatic N) is 1. The minimum atomic E-state index is -0.288. The van der Waals surface area contributed by atoms with E-state index in [4.69, 9.17) is 14.3 Å². The van der Waals surface area contributed by atoms with Gasteiger partial charge in [-0.1, -0.05) is 15.9 Å². The Kier molecular flexibility index (Phi) is 5.10. The Morgan fingerprint density at radius 1 is 1.45 bits per heavy atom. The molecule has 0 aromatic heterocycles. The minimum absolute atomic E-state index is 0.00783. The Labute approximate surface area is 129 Å². The third-order valence-corrected chi connectivity index (χ3v) is 4.24. The van der Waals surface area contributed by atoms with Crippen molar-refractivity contribution in [3.8, 4) is 0 Å². The second-order valence-electron chi connectivity index (χ2n) is 6.26. The number of carbonyl (C=O) groups is 1. The molecular weight excluding hydrogens is 326 g/mol. The highest BCUT2D eigenvalue weighted by atomic mass is 79.9. The Bertz CT molecular complexity index is 358. The predicted molar refractivity (Wildman–Crippen MR) is 78.5 cm³/mol. The number of carbonyl (C=O) groups excluding carboxylic acids is 1. The fraction of sp³-hybridized carbons (Fsp3) is 0.929. The molecule has 0 aliphatic carbocycles. The van der Waals surface area contributed by atoms with E-state index in [1.807, 2.05) is 32.8 Å². The monoisotopic (exact) mass is 349 g/mol. The summed E-state index contributed by atoms with van der Waals surface area (Å²) >= 11 is 3.43. The van der Waals surface area contributed by atoms with Gasteiger partial charge in [0.2, 0.25) is 0 Å². The van der Waals surface area contributed by atoms with Crippen LogP contribution < -0.4 is 0 Å². The summed E-state index contributed by atoms with van der Waals surface area (Å²) in [4.78, 5) is 18.1. The Morgan fingerprint density at radius 3 is 2.70 bits per heavy atom. The normalized spacial score (nSPS) is 34.2. The van der Waals surface area contributed by atoms with Crippen molar-refractivity contribution in [1.82, 2.24) is 5.06 Å². The molecule has 116 valence electrons. The van der Waals surface area contributed by atoms with Crippen LogP contribution in [0.5, 0.6) is 0 Å². The first-order chi connectivity index (χ1) is 9.37. The summed E-state index contributed by atoms with van der Waals surface area (Å²) < 4.78 is 11.3. The van der Waals surface area contributed by atoms with Gasteiger partial charge < -0.3 is 9.47 Å². The summed E-state index contributed by atoms with van der Waals surface area (Å²) in [6, 6.07) is -0.0455. The van der Waals surface area contributed by atoms with Crippen LogP contribution in [-0.2, 0) is 19.1 Å². The third-order valence-electron chi connectivity index (χ3n) is 3.60. The topological polar surface area (TPSA) is 48.0 Å². The second-order valence-corrected chi connectivity index (χ2v) is 6.91. The Morgan fingerprint density at radius 2 is 2.15 bits per heavy atom. The van der Waals surface area contributed by atoms with Crippen molar-refractivity contribution in [3.05, 3.63) is 0 Å². The van der Waals surface area contributed by atoms with Crippen LogP contribution in [0.15, 0.2) is 0 Å². The summed E-state index contributed by atoms with van der Waals surface area (Å²) in [5, 5.41) is 2.52. The zero-order valence-electron chi connectivity index (χ0n) is 12.6. The maximum Gasteiger partial charge on any atom is 0.313 e. The fourth-order valence-corrected chi connectivity index (χ4v) is 3.51. The molecule has 0 aromatic carbocycles. The van der Waals surface area contributed by atoms with Gasteiger partial charge in [0.25, 0.3) is 0 Å². The van der Waals surface area contributed by atoms with Gasteiger partial charge in [0, 0.05) is 11.9 Å². The number of halogens is 1. The predicted octanol–water partition coefficient (Wildman–Crippen LogP) is 2.13. The van der Waals surface area contributed by atoms with E-state index in [0.29, 0.717) is 11.9 Å². The van der Waals surface area contributed by atoms with Gasteiger partial charge >= 0.3 is 5.97 Å². The van der Waals surface area contributed by atoms with Crippen molar-refractivity contribution in [1.29, 1.82) is 0 Å². The van der Waals surface area contributed by atoms with Crippen LogP contribution in [0.2, 0.25) is 0 Å². The molecule has 0 amide bonds. The number of hydrogen-bond acceptors (Lipinski definition) is 5. The molecule has 2 rings (SSSR count). The lowest BCUT2D eigenvalue weighted by Crippen LogP contribution is -2.44. The first-order valence-corrected chi connectivity index (χ1v) is 8.33. The molecule has 20 heavy (non-hydrogen) atoms. The Balaban J connectivity index is 2.16. The summed E-state index contributed by atoms with van der Waals surface area (Å²) in [5.41, 5.74) is -0.230. The molecule has 2 aliphatic heterocycles. The lowest BCUT2D eigenvalue weighted by molar-refractivity contribution is -0.153. The standard InChI is InChI=1S/C14H24BrNO4/c1-5-18-13(17)11-10(8-15)20-16-7-6-9(12(11)16)19-14(2,3)4/h9-12H,5-8H2,1-4H3/t9-,10-,11-,12-/m0/s1. The number of rotatable bonds is 4. The van der Waals surface area contributed by atoms with E-state index in [9.17, 15) is 4.79 Å². The van der Waals surface area contributed by atoms with Gasteiger partial charge in [-0.25, -0.2) is 0 Å². The number of hydrogen-bond donors (Lipinski definition) is 0. The van der Waals surface area contributed by atoms with Gasteiger partial charge in [-0.15, -0.1) is 0 Å². The van der Waals surface area contributed by atoms with E-state index in [0.717, 1.165) is 13.0 Å². The fourth-order valence-electron chi connectivity index (χ4n) is 2.99. The van der Waals surface area contributed by atoms with Crippen molar-refractivity contribution in [2.75, 3.05) is 18.5 Å². The molecule has 0 N–H and O–H groups in total. The highest BCUT2D eigenvalue weighted by Crippen LogP contribution is 2.39. The van der Waals surface area contributed by atoms with Crippen LogP contribution >= 0.6 is 15.9 Å². The van der Waals surface area contributed by atoms with Crippen molar-refractivity contribution >= 4 is 21.9 Å². The average Bonchev–Trinajstić information content (AvgIpc) is 2.87. The third kappa shape index (κ3) is 3.35. The highest BCUT2D eigenvalue weighted by Gasteiger charge is 2.55. The van der Waals surface area contributed by atoms with Gasteiger partial charge in [-0.3, -0.25) is 9.63 Å². The quantitative estimate of drug-likeness (QED) is 0.574. The molecule has 2 aliphatic rings. The summed E-state index contributed by atoms with van der Waals surface area (Å²) in [6.07, 6.45) is 0.714. The zero-order valence-corrected chi connectivity index (χ0v) is 14.2. The summed E-state index contributed by atoms with van der Waals surface area (Å²) in [5.74, 6) is -0.474. The summed E-state index contributed by atoms with van der Waals surface area (Å²) in [6.45, 7) is 9.12. The number of ether oxygens (including phenoxy) is 2. The highest BCUT2D eigenvalue weighted by molar-refractivity contribution is 9.09. The first-order valence-electron chi connectivity index (χ1n) is 7.21. The van der Waals surface area contributed by atoms with E-state index in [2.05, 4.69) is 15.9 Å². The minimum Gasteiger partial charge on any atom is -0.466 e. The molecule has 0 unspecified atom stereocenters. The zero-order chi connectivity index (χ0) is 14.9. The van der Waals surface area contributed by atoms with E-state index < -0.39 is 0 Å². The number of hydroxylamine groups is 2. The van der Waals surface area contributed by atoms with Crippen LogP contribution in [-0.4, -0.2) is 53.4 Å². The van der Waals surface area contributed by atoms with Gasteiger partial charge in [-0.2, -0.15) is 5.06 Å². The first kappa shape index (κ1) is 16.2. The van der Waals surface area contributed by atoms with E-state index >= 15 is 0 Å². The van der Waals surface area contributed by atoms with Gasteiger partial charge in [-0.05, 0) is 34.1 Å². The van der Waals surface area contributed by atoms with Crippen molar-refractivity contribution < 1.29 is 19.1 Å². The molecule has 4 atom stereocenters. The molecule has 0 aromatic rings. The largest absolute Gasteiger partial charge is 0.466 e. The van der Waals surface area contributed by atoms with Gasteiger partial charge in [0.15, 0.2) is 0 Å². The van der Waals surface area contributed by atoms with Crippen molar-refractivity contribution in [2.45, 2.75) is 58.0 Å². The molecule has 0 spiro atoms. The van der Waals surface area contributed by atoms with E-state index in [1.165, 1.54) is 0 Å². The summed E-state index contributed by atoms with van der Waals surface area (Å²) in [7, 11) is 0. The van der Waals surface area contributed by atoms with Gasteiger partial charge in [0.05, 0.1) is 24.4 Å². The molecule has 0 radical (unpaired) electrons. The number of esters is 1. The van der Waals surface area contributed by atoms with Crippen LogP contribution in [0.25, 0.3) is 0 Å². The van der Waals surface area contributed by atoms with Crippen LogP contribution in [0.3, 0.4) is 0 Å². The lowest BCUT2D eigenvalue weighted by atomic mass is 9.92. The number of alkyl halides is 1. The van der Waals surface area contributed by atoms with Crippen LogP contribution in [0, 0.1) is 5.92 Å². The maximum absolute atomic E-state index is 12.3. The SMILES string of the molecule is CCOC(=O)[C@@H]1[C@@H]2[C@@H](OC(C)(C)C)CCN2O[C@H]1CBr. The van der Waals surface area contributed by atoms with E-state index in [1.54, 1.807) is 0 Å². The lowest BCUT2D eigenvalue weighted by Gasteiger charge is -2.30. The van der Waals surface area contributed by atoms with Crippen LogP contribution in [0.4, 0.5) is 0 Å². The molecule has 2 heterocycles. The van der Waals surface area contributed by atoms with Crippen LogP contribution in [0.1, 0.15) is 34.1 Å². The van der Waals surface area contributed by atoms with Crippen molar-refractivity contribution in [2.24, 2.45) is 5.92 Å². The smallest absolute Gasteiger partial charge is 0.313 e. The molecule has 2 fully saturated rings. The average molecular weight is 350 g/mol. The van der Waals surface area contributed by atoms with Crippen molar-refractivity contribution in [3.63, 3.8) is 0 Å². The van der Waals surface area contributed by atoms with E-state index in [-0.39, 0.29) is 35.7 Å². The molecule has 0 saturated carbocycles. The maximum atomic E-state index is 12.3. The van der Waals surface area contributed by atoms with Gasteiger partial charge in [0.1, 0.15) is 12.0 Å². The Hall–Kier alpha value is -0.170. The molecular formula is C14H24BrNO4. The molecule has 5 nitrogen and oxygen atoms in total. The molecule has 2 saturated heterocycles.